The Kier molecular flexibility index (Phi) is 6.78. The highest BCUT2D eigenvalue weighted by Gasteiger charge is 2.14. The quantitative estimate of drug-likeness (QED) is 0.235. The molecule has 8 heteroatoms. The minimum absolute atomic E-state index is 0.483. The monoisotopic (exact) mass is 426 g/mol. The van der Waals surface area contributed by atoms with Crippen molar-refractivity contribution in [2.24, 2.45) is 0 Å². The molecular weight excluding hydrogens is 402 g/mol. The van der Waals surface area contributed by atoms with Gasteiger partial charge in [-0.2, -0.15) is 0 Å². The van der Waals surface area contributed by atoms with E-state index in [2.05, 4.69) is 24.3 Å². The first-order chi connectivity index (χ1) is 15.5. The first kappa shape index (κ1) is 21.9. The lowest BCUT2D eigenvalue weighted by molar-refractivity contribution is -0.688. The Bertz CT molecular complexity index is 1090. The second kappa shape index (κ2) is 9.89. The molecule has 0 saturated carbocycles. The van der Waals surface area contributed by atoms with Crippen molar-refractivity contribution in [1.29, 1.82) is 0 Å². The van der Waals surface area contributed by atoms with Crippen molar-refractivity contribution in [2.75, 3.05) is 0 Å². The fourth-order valence-electron chi connectivity index (χ4n) is 3.64. The zero-order valence-electron chi connectivity index (χ0n) is 17.5. The summed E-state index contributed by atoms with van der Waals surface area (Å²) >= 11 is 0. The minimum Gasteiger partial charge on any atom is -0.423 e. The minimum atomic E-state index is -1.46. The molecule has 0 atom stereocenters. The van der Waals surface area contributed by atoms with Gasteiger partial charge in [0.25, 0.3) is 0 Å². The third-order valence-corrected chi connectivity index (χ3v) is 5.34. The molecule has 0 spiro atoms. The number of benzene rings is 2. The zero-order chi connectivity index (χ0) is 22.5. The van der Waals surface area contributed by atoms with Crippen LogP contribution in [0.3, 0.4) is 0 Å². The Labute approximate surface area is 187 Å². The van der Waals surface area contributed by atoms with Crippen molar-refractivity contribution >= 4 is 25.2 Å². The molecule has 2 heterocycles. The van der Waals surface area contributed by atoms with E-state index in [1.165, 1.54) is 0 Å². The highest BCUT2D eigenvalue weighted by Crippen LogP contribution is 2.16. The van der Waals surface area contributed by atoms with Crippen LogP contribution in [0.5, 0.6) is 0 Å². The van der Waals surface area contributed by atoms with Crippen LogP contribution in [0.4, 0.5) is 0 Å². The molecule has 0 bridgehead atoms. The van der Waals surface area contributed by atoms with Crippen molar-refractivity contribution in [1.82, 2.24) is 0 Å². The van der Waals surface area contributed by atoms with E-state index >= 15 is 0 Å². The summed E-state index contributed by atoms with van der Waals surface area (Å²) in [5.41, 5.74) is 5.14. The lowest BCUT2D eigenvalue weighted by Gasteiger charge is -2.04. The summed E-state index contributed by atoms with van der Waals surface area (Å²) in [4.78, 5) is 0. The number of hydrogen-bond acceptors (Lipinski definition) is 4. The molecule has 0 radical (unpaired) electrons. The van der Waals surface area contributed by atoms with Crippen LogP contribution in [0.25, 0.3) is 11.1 Å². The zero-order valence-corrected chi connectivity index (χ0v) is 17.5. The van der Waals surface area contributed by atoms with E-state index in [0.717, 1.165) is 22.3 Å². The van der Waals surface area contributed by atoms with Gasteiger partial charge in [-0.25, -0.2) is 9.13 Å². The molecule has 2 aromatic heterocycles. The van der Waals surface area contributed by atoms with Crippen molar-refractivity contribution < 1.29 is 29.2 Å². The third kappa shape index (κ3) is 5.49. The van der Waals surface area contributed by atoms with Crippen molar-refractivity contribution in [3.05, 3.63) is 109 Å². The fourth-order valence-corrected chi connectivity index (χ4v) is 3.64. The number of pyridine rings is 2. The van der Waals surface area contributed by atoms with Gasteiger partial charge in [-0.05, 0) is 22.1 Å². The Morgan fingerprint density at radius 1 is 0.531 bits per heavy atom. The van der Waals surface area contributed by atoms with Gasteiger partial charge < -0.3 is 20.1 Å². The molecule has 0 amide bonds. The van der Waals surface area contributed by atoms with E-state index in [4.69, 9.17) is 0 Å². The first-order valence-corrected chi connectivity index (χ1v) is 10.4. The van der Waals surface area contributed by atoms with Gasteiger partial charge in [0.15, 0.2) is 37.9 Å². The van der Waals surface area contributed by atoms with Crippen LogP contribution >= 0.6 is 0 Å². The molecule has 0 unspecified atom stereocenters. The summed E-state index contributed by atoms with van der Waals surface area (Å²) in [6, 6.07) is 22.7. The van der Waals surface area contributed by atoms with Gasteiger partial charge >= 0.3 is 14.2 Å². The largest absolute Gasteiger partial charge is 0.488 e. The fraction of sp³-hybridized carbons (Fsp3) is 0.0833. The van der Waals surface area contributed by atoms with E-state index < -0.39 is 14.2 Å². The summed E-state index contributed by atoms with van der Waals surface area (Å²) < 4.78 is 4.08. The Hall–Kier alpha value is -3.29. The SMILES string of the molecule is OB(O)c1cccc(C[n+]2ccc(-c3cc[n+](Cc4cccc(B(O)O)c4)cc3)cc2)c1. The smallest absolute Gasteiger partial charge is 0.423 e. The molecule has 0 fully saturated rings. The number of aromatic nitrogens is 2. The van der Waals surface area contributed by atoms with Crippen molar-refractivity contribution in [2.45, 2.75) is 13.1 Å². The second-order valence-electron chi connectivity index (χ2n) is 7.76. The van der Waals surface area contributed by atoms with Gasteiger partial charge in [-0.3, -0.25) is 0 Å². The standard InChI is InChI=1S/C24H24B2N2O4/c29-25(30)23-5-1-3-19(15-23)17-27-11-7-21(8-12-27)22-9-13-28(14-10-22)18-20-4-2-6-24(16-20)26(31)32/h1-16,29-32H,17-18H2/q+2. The average Bonchev–Trinajstić information content (AvgIpc) is 2.80. The van der Waals surface area contributed by atoms with Crippen LogP contribution in [0.2, 0.25) is 0 Å². The van der Waals surface area contributed by atoms with Crippen LogP contribution < -0.4 is 20.1 Å². The molecule has 4 N–H and O–H groups in total. The Morgan fingerprint density at radius 2 is 0.906 bits per heavy atom. The molecule has 0 aliphatic heterocycles. The van der Waals surface area contributed by atoms with Gasteiger partial charge in [-0.1, -0.05) is 48.5 Å². The molecule has 158 valence electrons. The van der Waals surface area contributed by atoms with Gasteiger partial charge in [0.2, 0.25) is 0 Å². The molecule has 0 aliphatic rings. The molecule has 6 nitrogen and oxygen atoms in total. The predicted molar refractivity (Wildman–Crippen MR) is 123 cm³/mol. The molecule has 4 rings (SSSR count). The molecule has 2 aromatic carbocycles. The summed E-state index contributed by atoms with van der Waals surface area (Å²) in [5.74, 6) is 0. The predicted octanol–water partition coefficient (Wildman–Crippen LogP) is -0.615. The molecular formula is C24H24B2N2O4+2. The van der Waals surface area contributed by atoms with Gasteiger partial charge in [-0.15, -0.1) is 0 Å². The molecule has 32 heavy (non-hydrogen) atoms. The summed E-state index contributed by atoms with van der Waals surface area (Å²) in [6.45, 7) is 1.27. The third-order valence-electron chi connectivity index (χ3n) is 5.34. The molecule has 0 saturated heterocycles. The maximum absolute atomic E-state index is 9.34. The van der Waals surface area contributed by atoms with Crippen molar-refractivity contribution in [3.63, 3.8) is 0 Å². The highest BCUT2D eigenvalue weighted by atomic mass is 16.4. The number of rotatable bonds is 7. The average molecular weight is 426 g/mol. The van der Waals surface area contributed by atoms with Gasteiger partial charge in [0.05, 0.1) is 0 Å². The van der Waals surface area contributed by atoms with E-state index in [1.54, 1.807) is 24.3 Å². The van der Waals surface area contributed by atoms with Crippen LogP contribution in [-0.2, 0) is 13.1 Å². The number of nitrogens with zero attached hydrogens (tertiary/aromatic N) is 2. The Morgan fingerprint density at radius 3 is 1.25 bits per heavy atom. The van der Waals surface area contributed by atoms with E-state index in [1.807, 2.05) is 58.2 Å². The lowest BCUT2D eigenvalue weighted by Crippen LogP contribution is -2.35. The second-order valence-corrected chi connectivity index (χ2v) is 7.76. The van der Waals surface area contributed by atoms with E-state index in [9.17, 15) is 20.1 Å². The summed E-state index contributed by atoms with van der Waals surface area (Å²) in [6.07, 6.45) is 8.02. The normalized spacial score (nSPS) is 10.8. The molecule has 4 aromatic rings. The van der Waals surface area contributed by atoms with E-state index in [0.29, 0.717) is 24.0 Å². The maximum Gasteiger partial charge on any atom is 0.488 e. The van der Waals surface area contributed by atoms with Crippen molar-refractivity contribution in [3.8, 4) is 11.1 Å². The van der Waals surface area contributed by atoms with Gasteiger partial charge in [0, 0.05) is 35.4 Å². The first-order valence-electron chi connectivity index (χ1n) is 10.4. The Balaban J connectivity index is 1.43. The number of hydrogen-bond donors (Lipinski definition) is 4. The highest BCUT2D eigenvalue weighted by molar-refractivity contribution is 6.58. The van der Waals surface area contributed by atoms with Gasteiger partial charge in [0.1, 0.15) is 0 Å². The van der Waals surface area contributed by atoms with Crippen LogP contribution in [0, 0.1) is 0 Å². The lowest BCUT2D eigenvalue weighted by atomic mass is 9.79. The van der Waals surface area contributed by atoms with Crippen LogP contribution in [0.15, 0.2) is 97.6 Å². The maximum atomic E-state index is 9.34. The van der Waals surface area contributed by atoms with E-state index in [-0.39, 0.29) is 0 Å². The molecule has 0 aliphatic carbocycles. The summed E-state index contributed by atoms with van der Waals surface area (Å²) in [5, 5.41) is 37.4. The topological polar surface area (TPSA) is 88.7 Å². The van der Waals surface area contributed by atoms with Crippen LogP contribution in [0.1, 0.15) is 11.1 Å². The van der Waals surface area contributed by atoms with Crippen LogP contribution in [-0.4, -0.2) is 34.3 Å². The summed E-state index contributed by atoms with van der Waals surface area (Å²) in [7, 11) is -2.93.